The van der Waals surface area contributed by atoms with Crippen LogP contribution in [0.4, 0.5) is 4.79 Å². The molecule has 82 valence electrons. The number of imide groups is 1. The van der Waals surface area contributed by atoms with Crippen molar-refractivity contribution >= 4 is 18.0 Å². The quantitative estimate of drug-likeness (QED) is 0.732. The van der Waals surface area contributed by atoms with Gasteiger partial charge in [0.05, 0.1) is 0 Å². The molecule has 1 fully saturated rings. The molecule has 2 N–H and O–H groups in total. The lowest BCUT2D eigenvalue weighted by Gasteiger charge is -2.14. The molecular formula is C12H12N2O2. The maximum Gasteiger partial charge on any atom is 0.322 e. The molecule has 0 saturated carbocycles. The van der Waals surface area contributed by atoms with Gasteiger partial charge in [0.1, 0.15) is 5.54 Å². The maximum absolute atomic E-state index is 11.5. The second kappa shape index (κ2) is 3.81. The summed E-state index contributed by atoms with van der Waals surface area (Å²) < 4.78 is 0. The minimum atomic E-state index is -0.951. The average Bonchev–Trinajstić information content (AvgIpc) is 2.52. The Hall–Kier alpha value is -2.10. The Labute approximate surface area is 93.3 Å². The Morgan fingerprint density at radius 1 is 1.19 bits per heavy atom. The van der Waals surface area contributed by atoms with Gasteiger partial charge in [-0.2, -0.15) is 0 Å². The fourth-order valence-corrected chi connectivity index (χ4v) is 1.50. The minimum absolute atomic E-state index is 0.329. The molecule has 0 spiro atoms. The van der Waals surface area contributed by atoms with Crippen molar-refractivity contribution in [2.75, 3.05) is 0 Å². The lowest BCUT2D eigenvalue weighted by Crippen LogP contribution is -2.41. The van der Waals surface area contributed by atoms with Crippen molar-refractivity contribution in [1.82, 2.24) is 10.6 Å². The first-order chi connectivity index (χ1) is 7.60. The number of hydrogen-bond donors (Lipinski definition) is 2. The number of urea groups is 1. The van der Waals surface area contributed by atoms with E-state index in [1.54, 1.807) is 13.0 Å². The van der Waals surface area contributed by atoms with Crippen molar-refractivity contribution in [2.45, 2.75) is 12.5 Å². The number of benzene rings is 1. The van der Waals surface area contributed by atoms with Crippen LogP contribution in [0.1, 0.15) is 12.5 Å². The molecule has 1 aliphatic heterocycles. The molecule has 3 amide bonds. The SMILES string of the molecule is CC1(C=Cc2ccccc2)NC(=O)NC1=O. The van der Waals surface area contributed by atoms with E-state index < -0.39 is 11.6 Å². The molecule has 0 bridgehead atoms. The van der Waals surface area contributed by atoms with Gasteiger partial charge in [0.25, 0.3) is 5.91 Å². The largest absolute Gasteiger partial charge is 0.322 e. The fraction of sp³-hybridized carbons (Fsp3) is 0.167. The van der Waals surface area contributed by atoms with E-state index in [1.165, 1.54) is 0 Å². The molecule has 1 atom stereocenters. The van der Waals surface area contributed by atoms with E-state index >= 15 is 0 Å². The number of rotatable bonds is 2. The van der Waals surface area contributed by atoms with Crippen molar-refractivity contribution in [3.8, 4) is 0 Å². The van der Waals surface area contributed by atoms with Gasteiger partial charge in [-0.1, -0.05) is 36.4 Å². The lowest BCUT2D eigenvalue weighted by molar-refractivity contribution is -0.121. The summed E-state index contributed by atoms with van der Waals surface area (Å²) in [5, 5.41) is 4.77. The number of nitrogens with one attached hydrogen (secondary N) is 2. The molecule has 1 aromatic rings. The van der Waals surface area contributed by atoms with Gasteiger partial charge in [-0.25, -0.2) is 4.79 Å². The van der Waals surface area contributed by atoms with Crippen molar-refractivity contribution in [3.05, 3.63) is 42.0 Å². The monoisotopic (exact) mass is 216 g/mol. The van der Waals surface area contributed by atoms with Crippen molar-refractivity contribution in [1.29, 1.82) is 0 Å². The highest BCUT2D eigenvalue weighted by molar-refractivity contribution is 6.08. The molecule has 16 heavy (non-hydrogen) atoms. The summed E-state index contributed by atoms with van der Waals surface area (Å²) >= 11 is 0. The highest BCUT2D eigenvalue weighted by Gasteiger charge is 2.39. The molecule has 1 unspecified atom stereocenters. The summed E-state index contributed by atoms with van der Waals surface area (Å²) in [4.78, 5) is 22.5. The third kappa shape index (κ3) is 1.95. The van der Waals surface area contributed by atoms with E-state index in [0.29, 0.717) is 0 Å². The van der Waals surface area contributed by atoms with Crippen LogP contribution in [0.3, 0.4) is 0 Å². The third-order valence-corrected chi connectivity index (χ3v) is 2.48. The van der Waals surface area contributed by atoms with Crippen LogP contribution in [-0.4, -0.2) is 17.5 Å². The smallest absolute Gasteiger partial charge is 0.320 e. The Balaban J connectivity index is 2.18. The van der Waals surface area contributed by atoms with Crippen LogP contribution in [-0.2, 0) is 4.79 Å². The van der Waals surface area contributed by atoms with Crippen LogP contribution in [0, 0.1) is 0 Å². The lowest BCUT2D eigenvalue weighted by atomic mass is 10.0. The normalized spacial score (nSPS) is 24.6. The van der Waals surface area contributed by atoms with Crippen molar-refractivity contribution in [3.63, 3.8) is 0 Å². The van der Waals surface area contributed by atoms with Crippen LogP contribution in [0.5, 0.6) is 0 Å². The summed E-state index contributed by atoms with van der Waals surface area (Å²) in [5.41, 5.74) is 0.0325. The van der Waals surface area contributed by atoms with Crippen molar-refractivity contribution in [2.24, 2.45) is 0 Å². The summed E-state index contributed by atoms with van der Waals surface area (Å²) in [6.45, 7) is 1.66. The zero-order chi connectivity index (χ0) is 11.6. The fourth-order valence-electron chi connectivity index (χ4n) is 1.50. The Morgan fingerprint density at radius 2 is 1.88 bits per heavy atom. The van der Waals surface area contributed by atoms with Gasteiger partial charge in [0.15, 0.2) is 0 Å². The predicted molar refractivity (Wildman–Crippen MR) is 60.6 cm³/mol. The van der Waals surface area contributed by atoms with Crippen LogP contribution >= 0.6 is 0 Å². The average molecular weight is 216 g/mol. The van der Waals surface area contributed by atoms with Crippen molar-refractivity contribution < 1.29 is 9.59 Å². The van der Waals surface area contributed by atoms with Gasteiger partial charge in [0.2, 0.25) is 0 Å². The molecule has 4 nitrogen and oxygen atoms in total. The van der Waals surface area contributed by atoms with Gasteiger partial charge >= 0.3 is 6.03 Å². The third-order valence-electron chi connectivity index (χ3n) is 2.48. The highest BCUT2D eigenvalue weighted by atomic mass is 16.2. The second-order valence-corrected chi connectivity index (χ2v) is 3.85. The molecule has 4 heteroatoms. The Morgan fingerprint density at radius 3 is 2.44 bits per heavy atom. The predicted octanol–water partition coefficient (Wildman–Crippen LogP) is 1.30. The van der Waals surface area contributed by atoms with Gasteiger partial charge in [-0.05, 0) is 18.6 Å². The van der Waals surface area contributed by atoms with E-state index in [-0.39, 0.29) is 5.91 Å². The summed E-state index contributed by atoms with van der Waals surface area (Å²) in [5.74, 6) is -0.329. The van der Waals surface area contributed by atoms with E-state index in [9.17, 15) is 9.59 Å². The molecular weight excluding hydrogens is 204 g/mol. The van der Waals surface area contributed by atoms with Crippen LogP contribution < -0.4 is 10.6 Å². The molecule has 2 rings (SSSR count). The first-order valence-corrected chi connectivity index (χ1v) is 4.98. The topological polar surface area (TPSA) is 58.2 Å². The van der Waals surface area contributed by atoms with E-state index in [2.05, 4.69) is 10.6 Å². The minimum Gasteiger partial charge on any atom is -0.320 e. The Kier molecular flexibility index (Phi) is 2.48. The standard InChI is InChI=1S/C12H12N2O2/c1-12(10(15)13-11(16)14-12)8-7-9-5-3-2-4-6-9/h2-8H,1H3,(H2,13,14,15,16). The summed E-state index contributed by atoms with van der Waals surface area (Å²) in [7, 11) is 0. The van der Waals surface area contributed by atoms with E-state index in [1.807, 2.05) is 36.4 Å². The maximum atomic E-state index is 11.5. The second-order valence-electron chi connectivity index (χ2n) is 3.85. The van der Waals surface area contributed by atoms with Gasteiger partial charge in [-0.15, -0.1) is 0 Å². The molecule has 1 aliphatic rings. The summed E-state index contributed by atoms with van der Waals surface area (Å²) in [6.07, 6.45) is 3.49. The zero-order valence-electron chi connectivity index (χ0n) is 8.86. The first-order valence-electron chi connectivity index (χ1n) is 4.98. The molecule has 0 radical (unpaired) electrons. The number of carbonyl (C=O) groups is 2. The van der Waals surface area contributed by atoms with E-state index in [4.69, 9.17) is 0 Å². The van der Waals surface area contributed by atoms with Crippen LogP contribution in [0.2, 0.25) is 0 Å². The highest BCUT2D eigenvalue weighted by Crippen LogP contribution is 2.13. The van der Waals surface area contributed by atoms with Gasteiger partial charge in [-0.3, -0.25) is 10.1 Å². The van der Waals surface area contributed by atoms with E-state index in [0.717, 1.165) is 5.56 Å². The van der Waals surface area contributed by atoms with Crippen LogP contribution in [0.25, 0.3) is 6.08 Å². The Bertz CT molecular complexity index is 453. The van der Waals surface area contributed by atoms with Gasteiger partial charge < -0.3 is 5.32 Å². The molecule has 1 aromatic carbocycles. The molecule has 1 saturated heterocycles. The molecule has 0 aliphatic carbocycles. The van der Waals surface area contributed by atoms with Gasteiger partial charge in [0, 0.05) is 0 Å². The molecule has 1 heterocycles. The zero-order valence-corrected chi connectivity index (χ0v) is 8.86. The number of hydrogen-bond acceptors (Lipinski definition) is 2. The number of amides is 3. The first kappa shape index (κ1) is 10.4. The number of carbonyl (C=O) groups excluding carboxylic acids is 2. The van der Waals surface area contributed by atoms with Crippen LogP contribution in [0.15, 0.2) is 36.4 Å². The molecule has 0 aromatic heterocycles. The summed E-state index contributed by atoms with van der Waals surface area (Å²) in [6, 6.07) is 9.14.